The second-order valence-corrected chi connectivity index (χ2v) is 12.6. The van der Waals surface area contributed by atoms with Crippen LogP contribution in [-0.2, 0) is 32.2 Å². The fourth-order valence-electron chi connectivity index (χ4n) is 4.77. The summed E-state index contributed by atoms with van der Waals surface area (Å²) in [6.45, 7) is 1.47. The van der Waals surface area contributed by atoms with E-state index >= 15 is 0 Å². The Kier molecular flexibility index (Phi) is 6.36. The normalized spacial score (nSPS) is 20.5. The van der Waals surface area contributed by atoms with E-state index < -0.39 is 9.84 Å². The molecule has 32 heavy (non-hydrogen) atoms. The number of aryl methyl sites for hydroxylation is 2. The zero-order valence-corrected chi connectivity index (χ0v) is 19.8. The molecular formula is C24H30N2O4S2. The molecule has 1 saturated carbocycles. The average Bonchev–Trinajstić information content (AvgIpc) is 3.59. The Balaban J connectivity index is 1.37. The fraction of sp³-hybridized carbons (Fsp3) is 0.583. The van der Waals surface area contributed by atoms with Crippen LogP contribution in [0.5, 0.6) is 0 Å². The average molecular weight is 475 g/mol. The molecule has 6 nitrogen and oxygen atoms in total. The van der Waals surface area contributed by atoms with Gasteiger partial charge in [-0.1, -0.05) is 12.1 Å². The first-order valence-electron chi connectivity index (χ1n) is 11.7. The maximum absolute atomic E-state index is 13.4. The van der Waals surface area contributed by atoms with Gasteiger partial charge in [0.2, 0.25) is 5.91 Å². The van der Waals surface area contributed by atoms with E-state index in [1.165, 1.54) is 11.3 Å². The molecule has 172 valence electrons. The number of amides is 1. The van der Waals surface area contributed by atoms with Crippen molar-refractivity contribution in [2.45, 2.75) is 73.9 Å². The molecule has 2 fully saturated rings. The molecule has 0 radical (unpaired) electrons. The summed E-state index contributed by atoms with van der Waals surface area (Å²) in [7, 11) is -3.23. The quantitative estimate of drug-likeness (QED) is 0.639. The summed E-state index contributed by atoms with van der Waals surface area (Å²) in [5.41, 5.74) is 2.00. The first-order valence-corrected chi connectivity index (χ1v) is 14.1. The van der Waals surface area contributed by atoms with Gasteiger partial charge in [0.25, 0.3) is 0 Å². The van der Waals surface area contributed by atoms with Gasteiger partial charge in [0.1, 0.15) is 0 Å². The number of ether oxygens (including phenoxy) is 1. The Morgan fingerprint density at radius 1 is 1.09 bits per heavy atom. The molecule has 2 aliphatic carbocycles. The van der Waals surface area contributed by atoms with Crippen molar-refractivity contribution >= 4 is 32.2 Å². The SMILES string of the molecule is O=C(Nc1nc2c(s1)CCCC2)[C@H](CC1CCOCC1)c1ccc(S(=O)(=O)C2CC2)cc1. The van der Waals surface area contributed by atoms with Crippen LogP contribution in [0.4, 0.5) is 5.13 Å². The summed E-state index contributed by atoms with van der Waals surface area (Å²) in [4.78, 5) is 19.7. The van der Waals surface area contributed by atoms with Crippen molar-refractivity contribution in [3.05, 3.63) is 40.4 Å². The van der Waals surface area contributed by atoms with Gasteiger partial charge >= 0.3 is 0 Å². The minimum atomic E-state index is -3.23. The third kappa shape index (κ3) is 4.77. The number of aromatic nitrogens is 1. The number of hydrogen-bond donors (Lipinski definition) is 1. The van der Waals surface area contributed by atoms with Crippen molar-refractivity contribution in [2.24, 2.45) is 5.92 Å². The Hall–Kier alpha value is -1.77. The van der Waals surface area contributed by atoms with Crippen LogP contribution < -0.4 is 5.32 Å². The minimum absolute atomic E-state index is 0.0552. The Labute approximate surface area is 193 Å². The van der Waals surface area contributed by atoms with E-state index in [0.717, 1.165) is 75.8 Å². The molecule has 1 aliphatic heterocycles. The van der Waals surface area contributed by atoms with Crippen LogP contribution in [0.2, 0.25) is 0 Å². The number of nitrogens with zero attached hydrogens (tertiary/aromatic N) is 1. The van der Waals surface area contributed by atoms with Gasteiger partial charge < -0.3 is 10.1 Å². The lowest BCUT2D eigenvalue weighted by Gasteiger charge is -2.26. The van der Waals surface area contributed by atoms with Crippen molar-refractivity contribution in [2.75, 3.05) is 18.5 Å². The highest BCUT2D eigenvalue weighted by Gasteiger charge is 2.37. The van der Waals surface area contributed by atoms with Crippen molar-refractivity contribution in [3.8, 4) is 0 Å². The molecule has 1 aromatic heterocycles. The summed E-state index contributed by atoms with van der Waals surface area (Å²) in [6.07, 6.45) is 8.50. The van der Waals surface area contributed by atoms with Gasteiger partial charge in [-0.2, -0.15) is 0 Å². The van der Waals surface area contributed by atoms with Crippen molar-refractivity contribution in [3.63, 3.8) is 0 Å². The maximum Gasteiger partial charge on any atom is 0.233 e. The smallest absolute Gasteiger partial charge is 0.233 e. The van der Waals surface area contributed by atoms with E-state index in [1.807, 2.05) is 12.1 Å². The number of fused-ring (bicyclic) bond motifs is 1. The number of benzene rings is 1. The number of anilines is 1. The highest BCUT2D eigenvalue weighted by molar-refractivity contribution is 7.92. The first-order chi connectivity index (χ1) is 15.5. The van der Waals surface area contributed by atoms with Gasteiger partial charge in [-0.15, -0.1) is 11.3 Å². The molecule has 8 heteroatoms. The molecular weight excluding hydrogens is 444 g/mol. The fourth-order valence-corrected chi connectivity index (χ4v) is 7.48. The standard InChI is InChI=1S/C24H30N2O4S2/c27-23(26-24-25-21-3-1-2-4-22(21)31-24)20(15-16-11-13-30-14-12-16)17-5-7-18(8-6-17)32(28,29)19-9-10-19/h5-8,16,19-20H,1-4,9-15H2,(H,25,26,27)/t20-/m1/s1. The van der Waals surface area contributed by atoms with Gasteiger partial charge in [-0.25, -0.2) is 13.4 Å². The number of carbonyl (C=O) groups is 1. The molecule has 3 aliphatic rings. The third-order valence-electron chi connectivity index (χ3n) is 6.88. The summed E-state index contributed by atoms with van der Waals surface area (Å²) >= 11 is 1.60. The lowest BCUT2D eigenvalue weighted by atomic mass is 9.84. The van der Waals surface area contributed by atoms with Crippen LogP contribution in [-0.4, -0.2) is 37.8 Å². The van der Waals surface area contributed by atoms with Crippen LogP contribution in [0, 0.1) is 5.92 Å². The molecule has 1 saturated heterocycles. The van der Waals surface area contributed by atoms with Crippen molar-refractivity contribution in [1.82, 2.24) is 4.98 Å². The molecule has 0 spiro atoms. The number of hydrogen-bond acceptors (Lipinski definition) is 6. The highest BCUT2D eigenvalue weighted by Crippen LogP contribution is 2.36. The Bertz CT molecular complexity index is 1040. The molecule has 2 aromatic rings. The molecule has 1 N–H and O–H groups in total. The molecule has 5 rings (SSSR count). The van der Waals surface area contributed by atoms with E-state index in [-0.39, 0.29) is 17.1 Å². The predicted molar refractivity (Wildman–Crippen MR) is 125 cm³/mol. The van der Waals surface area contributed by atoms with Gasteiger partial charge in [0, 0.05) is 18.1 Å². The highest BCUT2D eigenvalue weighted by atomic mass is 32.2. The van der Waals surface area contributed by atoms with Crippen molar-refractivity contribution in [1.29, 1.82) is 0 Å². The molecule has 1 amide bonds. The summed E-state index contributed by atoms with van der Waals surface area (Å²) in [5.74, 6) is 0.0240. The molecule has 0 bridgehead atoms. The lowest BCUT2D eigenvalue weighted by Crippen LogP contribution is -2.26. The molecule has 2 heterocycles. The van der Waals surface area contributed by atoms with Gasteiger partial charge in [-0.3, -0.25) is 4.79 Å². The second kappa shape index (κ2) is 9.23. The molecule has 1 atom stereocenters. The van der Waals surface area contributed by atoms with E-state index in [0.29, 0.717) is 15.9 Å². The van der Waals surface area contributed by atoms with Crippen LogP contribution in [0.3, 0.4) is 0 Å². The summed E-state index contributed by atoms with van der Waals surface area (Å²) in [5, 5.41) is 3.54. The first kappa shape index (κ1) is 22.0. The Morgan fingerprint density at radius 3 is 2.50 bits per heavy atom. The largest absolute Gasteiger partial charge is 0.381 e. The zero-order chi connectivity index (χ0) is 22.1. The van der Waals surface area contributed by atoms with Crippen LogP contribution >= 0.6 is 11.3 Å². The molecule has 0 unspecified atom stereocenters. The number of rotatable bonds is 7. The number of thiazole rings is 1. The Morgan fingerprint density at radius 2 is 1.81 bits per heavy atom. The number of nitrogens with one attached hydrogen (secondary N) is 1. The van der Waals surface area contributed by atoms with Gasteiger partial charge in [0.05, 0.1) is 21.8 Å². The number of carbonyl (C=O) groups excluding carboxylic acids is 1. The van der Waals surface area contributed by atoms with Gasteiger partial charge in [0.15, 0.2) is 15.0 Å². The van der Waals surface area contributed by atoms with E-state index in [2.05, 4.69) is 10.3 Å². The topological polar surface area (TPSA) is 85.4 Å². The van der Waals surface area contributed by atoms with Crippen LogP contribution in [0.25, 0.3) is 0 Å². The monoisotopic (exact) mass is 474 g/mol. The summed E-state index contributed by atoms with van der Waals surface area (Å²) in [6, 6.07) is 7.00. The summed E-state index contributed by atoms with van der Waals surface area (Å²) < 4.78 is 30.6. The van der Waals surface area contributed by atoms with Crippen LogP contribution in [0.1, 0.15) is 67.0 Å². The number of sulfone groups is 1. The third-order valence-corrected chi connectivity index (χ3v) is 10.2. The second-order valence-electron chi connectivity index (χ2n) is 9.24. The predicted octanol–water partition coefficient (Wildman–Crippen LogP) is 4.50. The van der Waals surface area contributed by atoms with Crippen molar-refractivity contribution < 1.29 is 17.9 Å². The van der Waals surface area contributed by atoms with Crippen LogP contribution in [0.15, 0.2) is 29.2 Å². The minimum Gasteiger partial charge on any atom is -0.381 e. The lowest BCUT2D eigenvalue weighted by molar-refractivity contribution is -0.118. The van der Waals surface area contributed by atoms with E-state index in [4.69, 9.17) is 4.74 Å². The van der Waals surface area contributed by atoms with E-state index in [1.54, 1.807) is 23.5 Å². The zero-order valence-electron chi connectivity index (χ0n) is 18.2. The van der Waals surface area contributed by atoms with Gasteiger partial charge in [-0.05, 0) is 81.4 Å². The molecule has 1 aromatic carbocycles. The maximum atomic E-state index is 13.4. The van der Waals surface area contributed by atoms with E-state index in [9.17, 15) is 13.2 Å².